The summed E-state index contributed by atoms with van der Waals surface area (Å²) in [5.74, 6) is 2.26. The number of halogens is 6. The van der Waals surface area contributed by atoms with Crippen LogP contribution in [0.15, 0.2) is 11.6 Å². The molecule has 1 N–H and O–H groups in total. The summed E-state index contributed by atoms with van der Waals surface area (Å²) in [5, 5.41) is 2.76. The SMILES string of the molecule is C#CCNC(C)CCC=C(C(F)(F)F)C(F)(F)F. The smallest absolute Gasteiger partial charge is 0.304 e. The predicted molar refractivity (Wildman–Crippen MR) is 55.7 cm³/mol. The van der Waals surface area contributed by atoms with Gasteiger partial charge in [-0.3, -0.25) is 0 Å². The molecule has 1 nitrogen and oxygen atoms in total. The van der Waals surface area contributed by atoms with Gasteiger partial charge >= 0.3 is 12.4 Å². The first-order valence-electron chi connectivity index (χ1n) is 5.10. The number of alkyl halides is 6. The van der Waals surface area contributed by atoms with Gasteiger partial charge in [-0.1, -0.05) is 12.0 Å². The Labute approximate surface area is 101 Å². The van der Waals surface area contributed by atoms with Crippen molar-refractivity contribution in [3.8, 4) is 12.3 Å². The molecule has 0 aliphatic rings. The highest BCUT2D eigenvalue weighted by atomic mass is 19.4. The first-order valence-corrected chi connectivity index (χ1v) is 5.10. The van der Waals surface area contributed by atoms with E-state index in [0.717, 1.165) is 0 Å². The Morgan fingerprint density at radius 2 is 1.72 bits per heavy atom. The minimum Gasteiger partial charge on any atom is -0.304 e. The summed E-state index contributed by atoms with van der Waals surface area (Å²) >= 11 is 0. The van der Waals surface area contributed by atoms with Crippen LogP contribution in [0, 0.1) is 12.3 Å². The van der Waals surface area contributed by atoms with Crippen LogP contribution in [-0.2, 0) is 0 Å². The maximum Gasteiger partial charge on any atom is 0.420 e. The second kappa shape index (κ2) is 6.69. The average Bonchev–Trinajstić information content (AvgIpc) is 2.17. The summed E-state index contributed by atoms with van der Waals surface area (Å²) in [5.41, 5.74) is -2.46. The van der Waals surface area contributed by atoms with Gasteiger partial charge in [-0.2, -0.15) is 26.3 Å². The predicted octanol–water partition coefficient (Wildman–Crippen LogP) is 3.43. The molecule has 0 saturated heterocycles. The molecule has 0 rings (SSSR count). The highest BCUT2D eigenvalue weighted by molar-refractivity contribution is 5.15. The lowest BCUT2D eigenvalue weighted by Crippen LogP contribution is -2.27. The molecular formula is C11H13F6N. The molecule has 0 aromatic carbocycles. The number of rotatable bonds is 5. The molecule has 1 unspecified atom stereocenters. The first-order chi connectivity index (χ1) is 8.09. The number of hydrogen-bond donors (Lipinski definition) is 1. The number of hydrogen-bond acceptors (Lipinski definition) is 1. The second-order valence-electron chi connectivity index (χ2n) is 3.68. The molecule has 0 aliphatic carbocycles. The molecular weight excluding hydrogens is 260 g/mol. The Hall–Kier alpha value is -1.16. The van der Waals surface area contributed by atoms with E-state index in [-0.39, 0.29) is 31.5 Å². The Morgan fingerprint density at radius 3 is 2.11 bits per heavy atom. The molecule has 0 bridgehead atoms. The molecule has 0 aliphatic heterocycles. The van der Waals surface area contributed by atoms with Gasteiger partial charge in [-0.15, -0.1) is 6.42 Å². The van der Waals surface area contributed by atoms with Gasteiger partial charge in [0.15, 0.2) is 0 Å². The third kappa shape index (κ3) is 6.55. The fourth-order valence-corrected chi connectivity index (χ4v) is 1.21. The van der Waals surface area contributed by atoms with E-state index < -0.39 is 17.9 Å². The molecule has 18 heavy (non-hydrogen) atoms. The minimum absolute atomic E-state index is 0.136. The lowest BCUT2D eigenvalue weighted by Gasteiger charge is -2.15. The van der Waals surface area contributed by atoms with Gasteiger partial charge in [0.2, 0.25) is 0 Å². The molecule has 0 aromatic heterocycles. The van der Waals surface area contributed by atoms with Crippen molar-refractivity contribution >= 4 is 0 Å². The second-order valence-corrected chi connectivity index (χ2v) is 3.68. The fraction of sp³-hybridized carbons (Fsp3) is 0.636. The molecule has 0 heterocycles. The van der Waals surface area contributed by atoms with E-state index in [1.54, 1.807) is 6.92 Å². The van der Waals surface area contributed by atoms with Crippen LogP contribution in [0.3, 0.4) is 0 Å². The molecule has 0 saturated carbocycles. The fourth-order valence-electron chi connectivity index (χ4n) is 1.21. The van der Waals surface area contributed by atoms with Gasteiger partial charge in [0.25, 0.3) is 0 Å². The van der Waals surface area contributed by atoms with Crippen LogP contribution in [0.1, 0.15) is 19.8 Å². The highest BCUT2D eigenvalue weighted by Gasteiger charge is 2.50. The van der Waals surface area contributed by atoms with Crippen LogP contribution < -0.4 is 5.32 Å². The van der Waals surface area contributed by atoms with E-state index in [9.17, 15) is 26.3 Å². The average molecular weight is 273 g/mol. The number of terminal acetylenes is 1. The van der Waals surface area contributed by atoms with Crippen molar-refractivity contribution in [1.82, 2.24) is 5.32 Å². The highest BCUT2D eigenvalue weighted by Crippen LogP contribution is 2.38. The van der Waals surface area contributed by atoms with Crippen LogP contribution >= 0.6 is 0 Å². The van der Waals surface area contributed by atoms with Crippen LogP contribution in [0.2, 0.25) is 0 Å². The summed E-state index contributed by atoms with van der Waals surface area (Å²) in [6.07, 6.45) is -5.83. The van der Waals surface area contributed by atoms with Crippen molar-refractivity contribution in [3.05, 3.63) is 11.6 Å². The summed E-state index contributed by atoms with van der Waals surface area (Å²) in [6, 6.07) is -0.250. The lowest BCUT2D eigenvalue weighted by atomic mass is 10.1. The van der Waals surface area contributed by atoms with E-state index in [1.165, 1.54) is 0 Å². The summed E-state index contributed by atoms with van der Waals surface area (Å²) in [4.78, 5) is 0. The van der Waals surface area contributed by atoms with E-state index in [0.29, 0.717) is 0 Å². The summed E-state index contributed by atoms with van der Waals surface area (Å²) < 4.78 is 72.7. The largest absolute Gasteiger partial charge is 0.420 e. The first kappa shape index (κ1) is 16.8. The van der Waals surface area contributed by atoms with Crippen molar-refractivity contribution in [2.75, 3.05) is 6.54 Å². The van der Waals surface area contributed by atoms with Gasteiger partial charge in [0.1, 0.15) is 5.57 Å². The quantitative estimate of drug-likeness (QED) is 0.460. The zero-order chi connectivity index (χ0) is 14.4. The molecule has 0 spiro atoms. The third-order valence-electron chi connectivity index (χ3n) is 2.11. The number of allylic oxidation sites excluding steroid dienone is 2. The molecule has 1 atom stereocenters. The third-order valence-corrected chi connectivity index (χ3v) is 2.11. The summed E-state index contributed by atoms with van der Waals surface area (Å²) in [7, 11) is 0. The molecule has 7 heteroatoms. The Balaban J connectivity index is 4.49. The summed E-state index contributed by atoms with van der Waals surface area (Å²) in [6.45, 7) is 1.85. The molecule has 0 amide bonds. The normalized spacial score (nSPS) is 13.9. The Morgan fingerprint density at radius 1 is 1.22 bits per heavy atom. The van der Waals surface area contributed by atoms with E-state index in [1.807, 2.05) is 0 Å². The van der Waals surface area contributed by atoms with Crippen molar-refractivity contribution in [3.63, 3.8) is 0 Å². The van der Waals surface area contributed by atoms with Gasteiger partial charge < -0.3 is 5.32 Å². The van der Waals surface area contributed by atoms with E-state index >= 15 is 0 Å². The zero-order valence-electron chi connectivity index (χ0n) is 9.62. The maximum atomic E-state index is 12.1. The Bertz CT molecular complexity index is 304. The Kier molecular flexibility index (Phi) is 6.26. The molecule has 0 fully saturated rings. The van der Waals surface area contributed by atoms with Crippen LogP contribution in [0.4, 0.5) is 26.3 Å². The van der Waals surface area contributed by atoms with Crippen LogP contribution in [-0.4, -0.2) is 24.9 Å². The molecule has 104 valence electrons. The van der Waals surface area contributed by atoms with E-state index in [2.05, 4.69) is 11.2 Å². The van der Waals surface area contributed by atoms with Crippen LogP contribution in [0.25, 0.3) is 0 Å². The topological polar surface area (TPSA) is 12.0 Å². The lowest BCUT2D eigenvalue weighted by molar-refractivity contribution is -0.172. The van der Waals surface area contributed by atoms with Crippen LogP contribution in [0.5, 0.6) is 0 Å². The van der Waals surface area contributed by atoms with Gasteiger partial charge in [-0.25, -0.2) is 0 Å². The van der Waals surface area contributed by atoms with Crippen molar-refractivity contribution in [2.24, 2.45) is 0 Å². The van der Waals surface area contributed by atoms with E-state index in [4.69, 9.17) is 6.42 Å². The van der Waals surface area contributed by atoms with Gasteiger partial charge in [-0.05, 0) is 19.8 Å². The standard InChI is InChI=1S/C11H13F6N/c1-3-7-18-8(2)5-4-6-9(10(12,13)14)11(15,16)17/h1,6,8,18H,4-5,7H2,2H3. The zero-order valence-corrected chi connectivity index (χ0v) is 9.62. The maximum absolute atomic E-state index is 12.1. The van der Waals surface area contributed by atoms with Crippen molar-refractivity contribution < 1.29 is 26.3 Å². The molecule has 0 radical (unpaired) electrons. The minimum atomic E-state index is -5.38. The van der Waals surface area contributed by atoms with Gasteiger partial charge in [0, 0.05) is 6.04 Å². The van der Waals surface area contributed by atoms with Crippen molar-refractivity contribution in [2.45, 2.75) is 38.2 Å². The molecule has 0 aromatic rings. The van der Waals surface area contributed by atoms with Gasteiger partial charge in [0.05, 0.1) is 6.54 Å². The van der Waals surface area contributed by atoms with Crippen molar-refractivity contribution in [1.29, 1.82) is 0 Å². The number of nitrogens with one attached hydrogen (secondary N) is 1. The monoisotopic (exact) mass is 273 g/mol.